The number of phenolic OH excluding ortho intramolecular Hbond substituents is 1. The molecular formula is C27H25F2N5O6. The maximum absolute atomic E-state index is 15.5. The number of carbonyl (C=O) groups is 1. The number of aromatic nitrogens is 1. The number of carbonyl (C=O) groups excluding carboxylic acids is 1. The van der Waals surface area contributed by atoms with E-state index in [1.807, 2.05) is 11.9 Å². The van der Waals surface area contributed by atoms with Crippen molar-refractivity contribution in [3.05, 3.63) is 65.4 Å². The van der Waals surface area contributed by atoms with Gasteiger partial charge in [-0.3, -0.25) is 15.3 Å². The van der Waals surface area contributed by atoms with Gasteiger partial charge >= 0.3 is 5.97 Å². The van der Waals surface area contributed by atoms with Gasteiger partial charge in [0, 0.05) is 36.7 Å². The summed E-state index contributed by atoms with van der Waals surface area (Å²) >= 11 is 0. The van der Waals surface area contributed by atoms with Crippen molar-refractivity contribution in [2.24, 2.45) is 10.7 Å². The summed E-state index contributed by atoms with van der Waals surface area (Å²) in [7, 11) is 3.10. The van der Waals surface area contributed by atoms with E-state index in [0.717, 1.165) is 0 Å². The first-order valence-corrected chi connectivity index (χ1v) is 12.1. The van der Waals surface area contributed by atoms with Crippen molar-refractivity contribution in [3.8, 4) is 34.6 Å². The van der Waals surface area contributed by atoms with Gasteiger partial charge in [0.1, 0.15) is 23.5 Å². The third kappa shape index (κ3) is 5.10. The summed E-state index contributed by atoms with van der Waals surface area (Å²) in [6.07, 6.45) is 2.84. The number of hydrogen-bond acceptors (Lipinski definition) is 10. The lowest BCUT2D eigenvalue weighted by molar-refractivity contribution is -0.151. The number of ether oxygens (including phenoxy) is 4. The SMILES string of the molecule is COC(=O)C1(Oc2ccc(Oc3c(F)cnc(Oc4cc(C(=N)N)ccc4O)c3F)c(C3N=CCN3C)c2)CC1. The minimum Gasteiger partial charge on any atom is -0.504 e. The van der Waals surface area contributed by atoms with Crippen molar-refractivity contribution < 1.29 is 37.6 Å². The van der Waals surface area contributed by atoms with Crippen molar-refractivity contribution in [3.63, 3.8) is 0 Å². The molecule has 40 heavy (non-hydrogen) atoms. The third-order valence-corrected chi connectivity index (χ3v) is 6.46. The second-order valence-corrected chi connectivity index (χ2v) is 9.29. The first-order valence-electron chi connectivity index (χ1n) is 12.1. The predicted molar refractivity (Wildman–Crippen MR) is 138 cm³/mol. The Labute approximate surface area is 227 Å². The lowest BCUT2D eigenvalue weighted by Gasteiger charge is -2.23. The van der Waals surface area contributed by atoms with Crippen molar-refractivity contribution >= 4 is 18.0 Å². The Morgan fingerprint density at radius 3 is 2.60 bits per heavy atom. The highest BCUT2D eigenvalue weighted by Crippen LogP contribution is 2.44. The van der Waals surface area contributed by atoms with Gasteiger partial charge in [-0.2, -0.15) is 4.39 Å². The molecule has 1 atom stereocenters. The molecule has 1 aliphatic carbocycles. The summed E-state index contributed by atoms with van der Waals surface area (Å²) in [5.74, 6) is -4.88. The van der Waals surface area contributed by atoms with E-state index in [2.05, 4.69) is 9.98 Å². The molecule has 1 unspecified atom stereocenters. The Morgan fingerprint density at radius 1 is 1.18 bits per heavy atom. The molecule has 0 saturated heterocycles. The molecule has 1 aliphatic heterocycles. The van der Waals surface area contributed by atoms with Crippen LogP contribution in [0.3, 0.4) is 0 Å². The zero-order valence-corrected chi connectivity index (χ0v) is 21.5. The van der Waals surface area contributed by atoms with E-state index >= 15 is 4.39 Å². The fraction of sp³-hybridized carbons (Fsp3) is 0.259. The van der Waals surface area contributed by atoms with Crippen molar-refractivity contribution in [2.75, 3.05) is 20.7 Å². The number of methoxy groups -OCH3 is 1. The molecule has 3 aromatic rings. The zero-order valence-electron chi connectivity index (χ0n) is 21.5. The van der Waals surface area contributed by atoms with Crippen LogP contribution in [-0.4, -0.2) is 59.3 Å². The van der Waals surface area contributed by atoms with Crippen LogP contribution in [0.5, 0.6) is 34.6 Å². The Bertz CT molecular complexity index is 1530. The zero-order chi connectivity index (χ0) is 28.6. The van der Waals surface area contributed by atoms with E-state index in [4.69, 9.17) is 30.1 Å². The molecule has 1 aromatic heterocycles. The molecule has 0 spiro atoms. The van der Waals surface area contributed by atoms with E-state index in [-0.39, 0.29) is 28.6 Å². The molecule has 0 bridgehead atoms. The number of amidine groups is 1. The van der Waals surface area contributed by atoms with E-state index in [0.29, 0.717) is 36.9 Å². The predicted octanol–water partition coefficient (Wildman–Crippen LogP) is 4.03. The average Bonchev–Trinajstić information content (AvgIpc) is 3.59. The number of nitrogens with zero attached hydrogens (tertiary/aromatic N) is 3. The second kappa shape index (κ2) is 10.4. The van der Waals surface area contributed by atoms with Crippen LogP contribution >= 0.6 is 0 Å². The lowest BCUT2D eigenvalue weighted by Crippen LogP contribution is -2.30. The van der Waals surface area contributed by atoms with Crippen LogP contribution in [-0.2, 0) is 9.53 Å². The average molecular weight is 554 g/mol. The fourth-order valence-electron chi connectivity index (χ4n) is 4.14. The van der Waals surface area contributed by atoms with Crippen LogP contribution in [0.25, 0.3) is 0 Å². The van der Waals surface area contributed by atoms with Gasteiger partial charge in [0.25, 0.3) is 5.88 Å². The van der Waals surface area contributed by atoms with Gasteiger partial charge in [-0.05, 0) is 43.4 Å². The third-order valence-electron chi connectivity index (χ3n) is 6.46. The van der Waals surface area contributed by atoms with E-state index in [9.17, 15) is 14.3 Å². The minimum atomic E-state index is -1.27. The normalized spacial score (nSPS) is 17.4. The molecule has 1 fully saturated rings. The lowest BCUT2D eigenvalue weighted by atomic mass is 10.1. The van der Waals surface area contributed by atoms with Gasteiger partial charge in [0.2, 0.25) is 17.2 Å². The second-order valence-electron chi connectivity index (χ2n) is 9.29. The quantitative estimate of drug-likeness (QED) is 0.202. The Hall–Kier alpha value is -4.78. The monoisotopic (exact) mass is 553 g/mol. The summed E-state index contributed by atoms with van der Waals surface area (Å²) in [5, 5.41) is 17.7. The Morgan fingerprint density at radius 2 is 1.95 bits per heavy atom. The van der Waals surface area contributed by atoms with Gasteiger partial charge in [-0.25, -0.2) is 14.2 Å². The number of esters is 1. The van der Waals surface area contributed by atoms with Crippen LogP contribution in [0.2, 0.25) is 0 Å². The van der Waals surface area contributed by atoms with Crippen molar-refractivity contribution in [1.82, 2.24) is 9.88 Å². The summed E-state index contributed by atoms with van der Waals surface area (Å²) in [5.41, 5.74) is 5.04. The molecule has 2 aliphatic rings. The standard InChI is InChI=1S/C27H25F2N5O6/c1-34-10-9-32-24(34)16-12-15(40-27(7-8-27)26(36)37-2)4-6-19(16)38-22-17(28)13-33-25(21(22)29)39-20-11-14(23(30)31)3-5-18(20)35/h3-6,9,11-13,24,35H,7-8,10H2,1-2H3,(H3,30,31). The number of nitrogens with one attached hydrogen (secondary N) is 1. The highest BCUT2D eigenvalue weighted by molar-refractivity contribution is 5.95. The molecule has 2 heterocycles. The molecule has 2 aromatic carbocycles. The highest BCUT2D eigenvalue weighted by atomic mass is 19.1. The summed E-state index contributed by atoms with van der Waals surface area (Å²) in [4.78, 5) is 22.1. The van der Waals surface area contributed by atoms with Gasteiger partial charge < -0.3 is 29.8 Å². The van der Waals surface area contributed by atoms with Gasteiger partial charge in [0.15, 0.2) is 17.3 Å². The molecule has 1 saturated carbocycles. The van der Waals surface area contributed by atoms with E-state index < -0.39 is 41.0 Å². The molecule has 11 nitrogen and oxygen atoms in total. The van der Waals surface area contributed by atoms with Crippen LogP contribution in [0.1, 0.15) is 30.1 Å². The minimum absolute atomic E-state index is 0.0718. The molecule has 5 rings (SSSR count). The number of rotatable bonds is 9. The summed E-state index contributed by atoms with van der Waals surface area (Å²) < 4.78 is 52.3. The maximum atomic E-state index is 15.5. The van der Waals surface area contributed by atoms with Crippen molar-refractivity contribution in [1.29, 1.82) is 5.41 Å². The van der Waals surface area contributed by atoms with Crippen molar-refractivity contribution in [2.45, 2.75) is 24.6 Å². The van der Waals surface area contributed by atoms with E-state index in [1.165, 1.54) is 37.4 Å². The van der Waals surface area contributed by atoms with Crippen LogP contribution in [0, 0.1) is 17.0 Å². The largest absolute Gasteiger partial charge is 0.504 e. The number of halogens is 2. The van der Waals surface area contributed by atoms with Gasteiger partial charge in [0.05, 0.1) is 13.3 Å². The maximum Gasteiger partial charge on any atom is 0.350 e. The molecule has 4 N–H and O–H groups in total. The topological polar surface area (TPSA) is 153 Å². The number of phenols is 1. The summed E-state index contributed by atoms with van der Waals surface area (Å²) in [6.45, 7) is 0.528. The van der Waals surface area contributed by atoms with Crippen LogP contribution < -0.4 is 19.9 Å². The molecule has 208 valence electrons. The number of nitrogen functional groups attached to an aromatic ring is 1. The molecule has 13 heteroatoms. The molecule has 0 amide bonds. The van der Waals surface area contributed by atoms with Crippen LogP contribution in [0.15, 0.2) is 47.6 Å². The van der Waals surface area contributed by atoms with Crippen LogP contribution in [0.4, 0.5) is 8.78 Å². The van der Waals surface area contributed by atoms with Gasteiger partial charge in [-0.1, -0.05) is 0 Å². The van der Waals surface area contributed by atoms with E-state index in [1.54, 1.807) is 12.3 Å². The highest BCUT2D eigenvalue weighted by Gasteiger charge is 2.54. The fourth-order valence-corrected chi connectivity index (χ4v) is 4.14. The smallest absolute Gasteiger partial charge is 0.350 e. The number of benzene rings is 2. The Balaban J connectivity index is 1.49. The first kappa shape index (κ1) is 26.8. The number of aliphatic imine (C=N–C) groups is 1. The van der Waals surface area contributed by atoms with Gasteiger partial charge in [-0.15, -0.1) is 0 Å². The number of pyridine rings is 1. The number of nitrogens with two attached hydrogens (primary N) is 1. The number of hydrogen-bond donors (Lipinski definition) is 3. The number of aromatic hydroxyl groups is 1. The first-order chi connectivity index (χ1) is 19.1. The Kier molecular flexibility index (Phi) is 6.98. The molecule has 0 radical (unpaired) electrons. The summed E-state index contributed by atoms with van der Waals surface area (Å²) in [6, 6.07) is 8.38. The molecular weight excluding hydrogens is 528 g/mol.